The van der Waals surface area contributed by atoms with Gasteiger partial charge in [0.1, 0.15) is 5.60 Å². The van der Waals surface area contributed by atoms with Crippen molar-refractivity contribution in [1.29, 1.82) is 0 Å². The van der Waals surface area contributed by atoms with E-state index < -0.39 is 58.4 Å². The fourth-order valence-corrected chi connectivity index (χ4v) is 7.99. The Labute approximate surface area is 207 Å². The number of hydrogen-bond acceptors (Lipinski definition) is 6. The third-order valence-corrected chi connectivity index (χ3v) is 10.00. The molecule has 3 saturated carbocycles. The number of ketones is 2. The van der Waals surface area contributed by atoms with E-state index in [0.29, 0.717) is 31.3 Å². The normalized spacial score (nSPS) is 44.2. The van der Waals surface area contributed by atoms with E-state index in [-0.39, 0.29) is 24.5 Å². The summed E-state index contributed by atoms with van der Waals surface area (Å²) in [6, 6.07) is 0. The van der Waals surface area contributed by atoms with Crippen LogP contribution < -0.4 is 0 Å². The van der Waals surface area contributed by atoms with Crippen molar-refractivity contribution in [2.75, 3.05) is 6.61 Å². The Hall–Kier alpha value is -1.86. The lowest BCUT2D eigenvalue weighted by molar-refractivity contribution is -0.220. The van der Waals surface area contributed by atoms with E-state index in [1.807, 2.05) is 6.92 Å². The van der Waals surface area contributed by atoms with E-state index in [9.17, 15) is 24.6 Å². The second kappa shape index (κ2) is 8.91. The zero-order valence-electron chi connectivity index (χ0n) is 21.3. The maximum atomic E-state index is 17.2. The Morgan fingerprint density at radius 2 is 1.94 bits per heavy atom. The fourth-order valence-electron chi connectivity index (χ4n) is 7.99. The molecule has 0 spiro atoms. The molecule has 7 heteroatoms. The molecule has 4 aliphatic carbocycles. The molecule has 0 heterocycles. The number of esters is 1. The number of carbonyl (C=O) groups is 3. The third kappa shape index (κ3) is 3.59. The van der Waals surface area contributed by atoms with Gasteiger partial charge in [-0.2, -0.15) is 0 Å². The Morgan fingerprint density at radius 1 is 1.23 bits per heavy atom. The van der Waals surface area contributed by atoms with Gasteiger partial charge in [0.15, 0.2) is 18.1 Å². The Morgan fingerprint density at radius 3 is 2.63 bits per heavy atom. The second-order valence-electron chi connectivity index (χ2n) is 11.7. The van der Waals surface area contributed by atoms with Gasteiger partial charge in [-0.1, -0.05) is 45.3 Å². The predicted molar refractivity (Wildman–Crippen MR) is 128 cm³/mol. The molecule has 3 fully saturated rings. The lowest BCUT2D eigenvalue weighted by atomic mass is 9.44. The molecule has 35 heavy (non-hydrogen) atoms. The van der Waals surface area contributed by atoms with Gasteiger partial charge in [0.2, 0.25) is 5.78 Å². The maximum Gasteiger partial charge on any atom is 0.306 e. The van der Waals surface area contributed by atoms with Crippen LogP contribution in [0.1, 0.15) is 79.1 Å². The van der Waals surface area contributed by atoms with Gasteiger partial charge >= 0.3 is 5.97 Å². The van der Waals surface area contributed by atoms with Gasteiger partial charge in [-0.05, 0) is 63.0 Å². The van der Waals surface area contributed by atoms with Gasteiger partial charge in [0.25, 0.3) is 0 Å². The number of unbranched alkanes of at least 4 members (excludes halogenated alkanes) is 2. The average Bonchev–Trinajstić information content (AvgIpc) is 3.00. The molecule has 0 unspecified atom stereocenters. The number of fused-ring (bicyclic) bond motifs is 5. The van der Waals surface area contributed by atoms with Crippen molar-refractivity contribution in [3.05, 3.63) is 23.8 Å². The topological polar surface area (TPSA) is 101 Å². The summed E-state index contributed by atoms with van der Waals surface area (Å²) in [6.07, 6.45) is 7.10. The number of ether oxygens (including phenoxy) is 1. The highest BCUT2D eigenvalue weighted by atomic mass is 19.1. The van der Waals surface area contributed by atoms with Gasteiger partial charge in [-0.15, -0.1) is 0 Å². The zero-order valence-corrected chi connectivity index (χ0v) is 21.3. The molecule has 0 aromatic rings. The van der Waals surface area contributed by atoms with Crippen LogP contribution in [0.3, 0.4) is 0 Å². The summed E-state index contributed by atoms with van der Waals surface area (Å²) < 4.78 is 22.4. The Bertz CT molecular complexity index is 972. The van der Waals surface area contributed by atoms with Crippen molar-refractivity contribution >= 4 is 17.5 Å². The first-order valence-corrected chi connectivity index (χ1v) is 13.1. The average molecular weight is 491 g/mol. The van der Waals surface area contributed by atoms with Crippen LogP contribution in [0.4, 0.5) is 4.39 Å². The van der Waals surface area contributed by atoms with E-state index >= 15 is 4.39 Å². The SMILES string of the molecule is CCCCCC(=O)OCC(=O)[C@@]1(O)[C@@H](C)C[C@H]2[C@@H]3CCC4=CC(=O)C=C[C@]4(C)[C@@]3(F)[C@@H](O)C[C@@]21C. The Balaban J connectivity index is 1.61. The number of alkyl halides is 1. The molecule has 0 amide bonds. The largest absolute Gasteiger partial charge is 0.458 e. The van der Waals surface area contributed by atoms with Gasteiger partial charge in [0, 0.05) is 23.2 Å². The van der Waals surface area contributed by atoms with Crippen LogP contribution in [-0.2, 0) is 19.1 Å². The first-order valence-electron chi connectivity index (χ1n) is 13.1. The van der Waals surface area contributed by atoms with Crippen LogP contribution in [0.5, 0.6) is 0 Å². The summed E-state index contributed by atoms with van der Waals surface area (Å²) in [5.74, 6) is -2.63. The monoisotopic (exact) mass is 490 g/mol. The number of rotatable bonds is 7. The van der Waals surface area contributed by atoms with Crippen LogP contribution in [-0.4, -0.2) is 51.7 Å². The van der Waals surface area contributed by atoms with Crippen LogP contribution in [0.25, 0.3) is 0 Å². The number of allylic oxidation sites excluding steroid dienone is 4. The standard InChI is InChI=1S/C28H39FO6/c1-5-6-7-8-24(33)35-16-23(32)28(34)17(2)13-21-20-10-9-18-14-19(30)11-12-25(18,3)27(20,29)22(31)15-26(21,28)4/h11-12,14,17,20-22,31,34H,5-10,13,15-16H2,1-4H3/t17-,20-,21-,22-,25-,26-,27-,28-/m0/s1. The summed E-state index contributed by atoms with van der Waals surface area (Å²) in [7, 11) is 0. The lowest BCUT2D eigenvalue weighted by Crippen LogP contribution is -2.69. The smallest absolute Gasteiger partial charge is 0.306 e. The van der Waals surface area contributed by atoms with Gasteiger partial charge in [-0.3, -0.25) is 14.4 Å². The molecule has 8 atom stereocenters. The minimum Gasteiger partial charge on any atom is -0.458 e. The van der Waals surface area contributed by atoms with Gasteiger partial charge in [-0.25, -0.2) is 4.39 Å². The summed E-state index contributed by atoms with van der Waals surface area (Å²) in [6.45, 7) is 6.81. The van der Waals surface area contributed by atoms with Crippen LogP contribution >= 0.6 is 0 Å². The molecule has 0 aromatic carbocycles. The predicted octanol–water partition coefficient (Wildman–Crippen LogP) is 4.03. The molecule has 6 nitrogen and oxygen atoms in total. The summed E-state index contributed by atoms with van der Waals surface area (Å²) in [5.41, 5.74) is -5.34. The minimum absolute atomic E-state index is 0.0909. The summed E-state index contributed by atoms with van der Waals surface area (Å²) in [5, 5.41) is 23.2. The highest BCUT2D eigenvalue weighted by molar-refractivity contribution is 6.01. The first kappa shape index (κ1) is 26.2. The quantitative estimate of drug-likeness (QED) is 0.413. The van der Waals surface area contributed by atoms with Crippen molar-refractivity contribution in [3.63, 3.8) is 0 Å². The zero-order chi connectivity index (χ0) is 25.8. The fraction of sp³-hybridized carbons (Fsp3) is 0.750. The number of halogens is 1. The number of Topliss-reactive ketones (excluding diaryl/α,β-unsaturated/α-hetero) is 1. The molecule has 0 aliphatic heterocycles. The van der Waals surface area contributed by atoms with E-state index in [1.165, 1.54) is 12.2 Å². The summed E-state index contributed by atoms with van der Waals surface area (Å²) >= 11 is 0. The van der Waals surface area contributed by atoms with Crippen molar-refractivity contribution in [3.8, 4) is 0 Å². The van der Waals surface area contributed by atoms with Crippen LogP contribution in [0.2, 0.25) is 0 Å². The molecule has 0 bridgehead atoms. The maximum absolute atomic E-state index is 17.2. The molecule has 0 radical (unpaired) electrons. The van der Waals surface area contributed by atoms with Crippen molar-refractivity contribution < 1.29 is 33.7 Å². The highest BCUT2D eigenvalue weighted by Gasteiger charge is 2.75. The number of hydrogen-bond donors (Lipinski definition) is 2. The van der Waals surface area contributed by atoms with E-state index in [2.05, 4.69) is 0 Å². The van der Waals surface area contributed by atoms with Crippen molar-refractivity contribution in [1.82, 2.24) is 0 Å². The van der Waals surface area contributed by atoms with Gasteiger partial charge in [0.05, 0.1) is 6.10 Å². The van der Waals surface area contributed by atoms with E-state index in [0.717, 1.165) is 12.8 Å². The Kier molecular flexibility index (Phi) is 6.67. The molecule has 4 rings (SSSR count). The molecule has 2 N–H and O–H groups in total. The number of aliphatic hydroxyl groups excluding tert-OH is 1. The van der Waals surface area contributed by atoms with Crippen molar-refractivity contribution in [2.24, 2.45) is 28.6 Å². The van der Waals surface area contributed by atoms with Gasteiger partial charge < -0.3 is 14.9 Å². The molecule has 194 valence electrons. The molecular weight excluding hydrogens is 451 g/mol. The first-order chi connectivity index (χ1) is 16.4. The number of aliphatic hydroxyl groups is 2. The molecule has 0 aromatic heterocycles. The number of carbonyl (C=O) groups excluding carboxylic acids is 3. The molecule has 0 saturated heterocycles. The second-order valence-corrected chi connectivity index (χ2v) is 11.7. The van der Waals surface area contributed by atoms with E-state index in [4.69, 9.17) is 4.74 Å². The molecule has 4 aliphatic rings. The van der Waals surface area contributed by atoms with Crippen molar-refractivity contribution in [2.45, 2.75) is 96.4 Å². The highest BCUT2D eigenvalue weighted by Crippen LogP contribution is 2.70. The minimum atomic E-state index is -2.02. The third-order valence-electron chi connectivity index (χ3n) is 10.00. The lowest BCUT2D eigenvalue weighted by Gasteiger charge is -2.62. The van der Waals surface area contributed by atoms with Crippen LogP contribution in [0.15, 0.2) is 23.8 Å². The summed E-state index contributed by atoms with van der Waals surface area (Å²) in [4.78, 5) is 37.4. The van der Waals surface area contributed by atoms with Crippen LogP contribution in [0, 0.1) is 28.6 Å². The van der Waals surface area contributed by atoms with E-state index in [1.54, 1.807) is 26.8 Å². The molecular formula is C28H39FO6.